The zero-order valence-electron chi connectivity index (χ0n) is 17.3. The van der Waals surface area contributed by atoms with Crippen LogP contribution in [0.2, 0.25) is 0 Å². The number of carbonyl (C=O) groups is 2. The van der Waals surface area contributed by atoms with E-state index in [0.29, 0.717) is 30.7 Å². The molecule has 0 N–H and O–H groups in total. The number of amides is 2. The van der Waals surface area contributed by atoms with Crippen LogP contribution in [0.3, 0.4) is 0 Å². The van der Waals surface area contributed by atoms with Crippen LogP contribution in [0, 0.1) is 11.8 Å². The molecule has 156 valence electrons. The Hall–Kier alpha value is -2.65. The molecule has 2 aliphatic rings. The molecule has 2 aromatic rings. The van der Waals surface area contributed by atoms with Gasteiger partial charge in [0.2, 0.25) is 0 Å². The molecule has 0 radical (unpaired) electrons. The van der Waals surface area contributed by atoms with Gasteiger partial charge in [-0.15, -0.1) is 11.3 Å². The Labute approximate surface area is 182 Å². The quantitative estimate of drug-likeness (QED) is 0.691. The lowest BCUT2D eigenvalue weighted by molar-refractivity contribution is -0.126. The third-order valence-corrected chi connectivity index (χ3v) is 7.03. The first-order chi connectivity index (χ1) is 14.6. The van der Waals surface area contributed by atoms with Crippen LogP contribution in [0.1, 0.15) is 66.0 Å². The van der Waals surface area contributed by atoms with Crippen LogP contribution in [0.25, 0.3) is 0 Å². The molecule has 2 aliphatic heterocycles. The molecule has 0 bridgehead atoms. The number of likely N-dealkylation sites (tertiary alicyclic amines) is 2. The van der Waals surface area contributed by atoms with E-state index in [2.05, 4.69) is 23.7 Å². The van der Waals surface area contributed by atoms with Crippen LogP contribution in [-0.4, -0.2) is 52.3 Å². The smallest absolute Gasteiger partial charge is 0.298 e. The Morgan fingerprint density at radius 2 is 1.83 bits per heavy atom. The average Bonchev–Trinajstić information content (AvgIpc) is 3.28. The monoisotopic (exact) mass is 421 g/mol. The highest BCUT2D eigenvalue weighted by molar-refractivity contribution is 7.09. The first kappa shape index (κ1) is 20.6. The van der Waals surface area contributed by atoms with Crippen LogP contribution in [0.15, 0.2) is 35.7 Å². The van der Waals surface area contributed by atoms with Gasteiger partial charge >= 0.3 is 0 Å². The fourth-order valence-corrected chi connectivity index (χ4v) is 5.14. The first-order valence-electron chi connectivity index (χ1n) is 10.7. The van der Waals surface area contributed by atoms with Crippen LogP contribution >= 0.6 is 11.3 Å². The van der Waals surface area contributed by atoms with Crippen molar-refractivity contribution in [1.29, 1.82) is 0 Å². The maximum Gasteiger partial charge on any atom is 0.298 e. The number of nitrogens with zero attached hydrogens (tertiary/aromatic N) is 3. The number of hydrogen-bond donors (Lipinski definition) is 0. The molecule has 2 fully saturated rings. The molecule has 0 aliphatic carbocycles. The Kier molecular flexibility index (Phi) is 6.49. The van der Waals surface area contributed by atoms with Crippen LogP contribution < -0.4 is 0 Å². The van der Waals surface area contributed by atoms with Crippen molar-refractivity contribution in [3.05, 3.63) is 52.0 Å². The van der Waals surface area contributed by atoms with Crippen molar-refractivity contribution >= 4 is 23.2 Å². The maximum absolute atomic E-state index is 12.8. The molecule has 1 aromatic carbocycles. The van der Waals surface area contributed by atoms with Gasteiger partial charge in [-0.2, -0.15) is 0 Å². The Balaban J connectivity index is 1.33. The zero-order chi connectivity index (χ0) is 20.9. The van der Waals surface area contributed by atoms with E-state index in [4.69, 9.17) is 0 Å². The molecular weight excluding hydrogens is 394 g/mol. The van der Waals surface area contributed by atoms with Crippen molar-refractivity contribution in [3.8, 4) is 11.8 Å². The van der Waals surface area contributed by atoms with Crippen molar-refractivity contribution in [2.75, 3.05) is 19.6 Å². The van der Waals surface area contributed by atoms with E-state index in [9.17, 15) is 9.59 Å². The predicted molar refractivity (Wildman–Crippen MR) is 118 cm³/mol. The van der Waals surface area contributed by atoms with Crippen molar-refractivity contribution < 1.29 is 9.59 Å². The van der Waals surface area contributed by atoms with E-state index in [-0.39, 0.29) is 11.8 Å². The number of piperidine rings is 2. The van der Waals surface area contributed by atoms with Gasteiger partial charge in [0.05, 0.1) is 5.01 Å². The molecule has 2 amide bonds. The van der Waals surface area contributed by atoms with Crippen LogP contribution in [-0.2, 0) is 4.79 Å². The number of rotatable bonds is 2. The molecule has 5 nitrogen and oxygen atoms in total. The van der Waals surface area contributed by atoms with E-state index < -0.39 is 0 Å². The molecule has 0 saturated carbocycles. The van der Waals surface area contributed by atoms with Gasteiger partial charge in [0.15, 0.2) is 0 Å². The Morgan fingerprint density at radius 3 is 2.57 bits per heavy atom. The second-order valence-electron chi connectivity index (χ2n) is 8.10. The summed E-state index contributed by atoms with van der Waals surface area (Å²) in [4.78, 5) is 33.7. The maximum atomic E-state index is 12.8. The molecule has 0 spiro atoms. The zero-order valence-corrected chi connectivity index (χ0v) is 18.2. The van der Waals surface area contributed by atoms with E-state index in [1.807, 2.05) is 45.5 Å². The third-order valence-electron chi connectivity index (χ3n) is 6.02. The summed E-state index contributed by atoms with van der Waals surface area (Å²) in [5.74, 6) is 5.95. The standard InChI is InChI=1S/C24H27N3O2S/c1-18-7-5-6-14-27(18)24(29)21-17-30-23(25-21)20-12-15-26(16-13-20)22(28)11-10-19-8-3-2-4-9-19/h2-4,8-9,17-18,20H,5-7,12-16H2,1H3. The lowest BCUT2D eigenvalue weighted by atomic mass is 9.97. The van der Waals surface area contributed by atoms with E-state index in [1.54, 1.807) is 11.3 Å². The highest BCUT2D eigenvalue weighted by Gasteiger charge is 2.29. The van der Waals surface area contributed by atoms with Crippen molar-refractivity contribution in [2.24, 2.45) is 0 Å². The first-order valence-corrected chi connectivity index (χ1v) is 11.6. The van der Waals surface area contributed by atoms with E-state index in [1.165, 1.54) is 6.42 Å². The minimum Gasteiger partial charge on any atom is -0.335 e. The third kappa shape index (κ3) is 4.73. The molecule has 2 saturated heterocycles. The molecule has 1 aromatic heterocycles. The lowest BCUT2D eigenvalue weighted by Gasteiger charge is -2.33. The molecule has 1 atom stereocenters. The minimum absolute atomic E-state index is 0.0634. The molecule has 1 unspecified atom stereocenters. The van der Waals surface area contributed by atoms with E-state index >= 15 is 0 Å². The normalized spacial score (nSPS) is 19.8. The summed E-state index contributed by atoms with van der Waals surface area (Å²) in [6.07, 6.45) is 5.06. The van der Waals surface area contributed by atoms with Crippen molar-refractivity contribution in [2.45, 2.75) is 51.0 Å². The minimum atomic E-state index is -0.119. The van der Waals surface area contributed by atoms with Gasteiger partial charge in [-0.3, -0.25) is 9.59 Å². The van der Waals surface area contributed by atoms with Gasteiger partial charge in [0.25, 0.3) is 11.8 Å². The topological polar surface area (TPSA) is 53.5 Å². The number of thiazole rings is 1. The highest BCUT2D eigenvalue weighted by atomic mass is 32.1. The molecule has 6 heteroatoms. The fourth-order valence-electron chi connectivity index (χ4n) is 4.18. The number of hydrogen-bond acceptors (Lipinski definition) is 4. The molecular formula is C24H27N3O2S. The number of benzene rings is 1. The summed E-state index contributed by atoms with van der Waals surface area (Å²) in [5, 5.41) is 2.92. The molecule has 4 rings (SSSR count). The van der Waals surface area contributed by atoms with Gasteiger partial charge in [0.1, 0.15) is 5.69 Å². The van der Waals surface area contributed by atoms with Gasteiger partial charge in [-0.05, 0) is 51.2 Å². The summed E-state index contributed by atoms with van der Waals surface area (Å²) in [7, 11) is 0. The average molecular weight is 422 g/mol. The highest BCUT2D eigenvalue weighted by Crippen LogP contribution is 2.31. The van der Waals surface area contributed by atoms with Gasteiger partial charge < -0.3 is 9.80 Å². The molecule has 30 heavy (non-hydrogen) atoms. The predicted octanol–water partition coefficient (Wildman–Crippen LogP) is 3.92. The summed E-state index contributed by atoms with van der Waals surface area (Å²) in [5.41, 5.74) is 1.43. The molecule has 3 heterocycles. The Bertz CT molecular complexity index is 952. The van der Waals surface area contributed by atoms with E-state index in [0.717, 1.165) is 42.8 Å². The number of carbonyl (C=O) groups excluding carboxylic acids is 2. The fraction of sp³-hybridized carbons (Fsp3) is 0.458. The lowest BCUT2D eigenvalue weighted by Crippen LogP contribution is -2.42. The van der Waals surface area contributed by atoms with Gasteiger partial charge in [0, 0.05) is 48.5 Å². The van der Waals surface area contributed by atoms with Gasteiger partial charge in [-0.1, -0.05) is 24.1 Å². The summed E-state index contributed by atoms with van der Waals surface area (Å²) >= 11 is 1.58. The second kappa shape index (κ2) is 9.44. The summed E-state index contributed by atoms with van der Waals surface area (Å²) in [6.45, 7) is 4.31. The second-order valence-corrected chi connectivity index (χ2v) is 8.99. The number of aromatic nitrogens is 1. The Morgan fingerprint density at radius 1 is 1.07 bits per heavy atom. The SMILES string of the molecule is CC1CCCCN1C(=O)c1csc(C2CCN(C(=O)C#Cc3ccccc3)CC2)n1. The summed E-state index contributed by atoms with van der Waals surface area (Å²) < 4.78 is 0. The van der Waals surface area contributed by atoms with Gasteiger partial charge in [-0.25, -0.2) is 4.98 Å². The summed E-state index contributed by atoms with van der Waals surface area (Å²) in [6, 6.07) is 9.86. The largest absolute Gasteiger partial charge is 0.335 e. The van der Waals surface area contributed by atoms with Crippen molar-refractivity contribution in [1.82, 2.24) is 14.8 Å². The van der Waals surface area contributed by atoms with Crippen LogP contribution in [0.5, 0.6) is 0 Å². The van der Waals surface area contributed by atoms with Crippen molar-refractivity contribution in [3.63, 3.8) is 0 Å². The van der Waals surface area contributed by atoms with Crippen LogP contribution in [0.4, 0.5) is 0 Å².